The Hall–Kier alpha value is -9.91. The highest BCUT2D eigenvalue weighted by molar-refractivity contribution is 6.13. The molecule has 0 fully saturated rings. The molecule has 0 aliphatic heterocycles. The summed E-state index contributed by atoms with van der Waals surface area (Å²) in [4.78, 5) is 10.8. The molecule has 10 rings (SSSR count). The van der Waals surface area contributed by atoms with Crippen LogP contribution in [-0.2, 0) is 6.18 Å². The lowest BCUT2D eigenvalue weighted by molar-refractivity contribution is -0.137. The van der Waals surface area contributed by atoms with Crippen molar-refractivity contribution >= 4 is 60.7 Å². The van der Waals surface area contributed by atoms with E-state index < -0.39 is 11.7 Å². The van der Waals surface area contributed by atoms with Gasteiger partial charge < -0.3 is 9.13 Å². The lowest BCUT2D eigenvalue weighted by Crippen LogP contribution is -2.09. The van der Waals surface area contributed by atoms with Crippen LogP contribution in [0.1, 0.15) is 22.3 Å². The van der Waals surface area contributed by atoms with Gasteiger partial charge >= 0.3 is 6.18 Å². The van der Waals surface area contributed by atoms with Crippen molar-refractivity contribution in [3.63, 3.8) is 0 Å². The fourth-order valence-electron chi connectivity index (χ4n) is 9.07. The fourth-order valence-corrected chi connectivity index (χ4v) is 9.07. The van der Waals surface area contributed by atoms with Crippen LogP contribution < -0.4 is 0 Å². The Labute approximate surface area is 374 Å². The van der Waals surface area contributed by atoms with E-state index in [1.807, 2.05) is 88.0 Å². The van der Waals surface area contributed by atoms with Crippen LogP contribution in [0.4, 0.5) is 30.2 Å². The molecular weight excluding hydrogens is 830 g/mol. The Morgan fingerprint density at radius 2 is 1.05 bits per heavy atom. The quantitative estimate of drug-likeness (QED) is 0.161. The third-order valence-electron chi connectivity index (χ3n) is 11.9. The Morgan fingerprint density at radius 1 is 0.455 bits per heavy atom. The maximum atomic E-state index is 15.3. The minimum absolute atomic E-state index is 0.0534. The first-order chi connectivity index (χ1) is 32.1. The Balaban J connectivity index is 1.30. The highest BCUT2D eigenvalue weighted by Crippen LogP contribution is 2.48. The summed E-state index contributed by atoms with van der Waals surface area (Å²) in [5.74, 6) is 0. The van der Waals surface area contributed by atoms with Crippen molar-refractivity contribution < 1.29 is 13.2 Å². The highest BCUT2D eigenvalue weighted by atomic mass is 19.4. The lowest BCUT2D eigenvalue weighted by atomic mass is 9.93. The molecule has 0 N–H and O–H groups in total. The molecule has 8 nitrogen and oxygen atoms in total. The molecule has 11 heteroatoms. The van der Waals surface area contributed by atoms with Crippen LogP contribution in [0.15, 0.2) is 152 Å². The number of aromatic nitrogens is 2. The van der Waals surface area contributed by atoms with Gasteiger partial charge in [0.2, 0.25) is 0 Å². The van der Waals surface area contributed by atoms with E-state index >= 15 is 13.2 Å². The van der Waals surface area contributed by atoms with Gasteiger partial charge in [0.05, 0.1) is 87.6 Å². The lowest BCUT2D eigenvalue weighted by Gasteiger charge is -2.22. The van der Waals surface area contributed by atoms with Crippen molar-refractivity contribution in [3.05, 3.63) is 208 Å². The molecule has 2 heterocycles. The van der Waals surface area contributed by atoms with Gasteiger partial charge in [0.25, 0.3) is 0 Å². The predicted octanol–water partition coefficient (Wildman–Crippen LogP) is 15.2. The van der Waals surface area contributed by atoms with Gasteiger partial charge in [-0.25, -0.2) is 14.5 Å². The summed E-state index contributed by atoms with van der Waals surface area (Å²) in [6, 6.07) is 49.1. The van der Waals surface area contributed by atoms with E-state index in [1.165, 1.54) is 24.3 Å². The first-order valence-corrected chi connectivity index (χ1v) is 20.2. The molecule has 0 atom stereocenters. The van der Waals surface area contributed by atoms with Crippen LogP contribution >= 0.6 is 0 Å². The number of benzene rings is 8. The van der Waals surface area contributed by atoms with Gasteiger partial charge in [0, 0.05) is 27.1 Å². The normalized spacial score (nSPS) is 11.2. The molecule has 306 valence electrons. The molecule has 0 bridgehead atoms. The second-order valence-corrected chi connectivity index (χ2v) is 15.4. The maximum absolute atomic E-state index is 15.3. The summed E-state index contributed by atoms with van der Waals surface area (Å²) in [5.41, 5.74) is 5.47. The summed E-state index contributed by atoms with van der Waals surface area (Å²) in [6.45, 7) is 23.4. The number of fused-ring (bicyclic) bond motifs is 6. The summed E-state index contributed by atoms with van der Waals surface area (Å²) in [7, 11) is 0. The van der Waals surface area contributed by atoms with Gasteiger partial charge in [-0.15, -0.1) is 0 Å². The number of hydrogen-bond acceptors (Lipinski definition) is 3. The molecule has 0 saturated carbocycles. The molecule has 0 spiro atoms. The van der Waals surface area contributed by atoms with Gasteiger partial charge in [-0.1, -0.05) is 91.0 Å². The molecule has 0 radical (unpaired) electrons. The van der Waals surface area contributed by atoms with E-state index in [9.17, 15) is 15.8 Å². The van der Waals surface area contributed by atoms with Crippen LogP contribution in [0.2, 0.25) is 0 Å². The minimum Gasteiger partial charge on any atom is -0.309 e. The van der Waals surface area contributed by atoms with E-state index in [0.717, 1.165) is 22.2 Å². The summed E-state index contributed by atoms with van der Waals surface area (Å²) >= 11 is 0. The van der Waals surface area contributed by atoms with Crippen molar-refractivity contribution in [2.45, 2.75) is 6.18 Å². The number of rotatable bonds is 5. The van der Waals surface area contributed by atoms with Crippen LogP contribution in [0.25, 0.3) is 103 Å². The zero-order valence-corrected chi connectivity index (χ0v) is 34.1. The average Bonchev–Trinajstić information content (AvgIpc) is 3.86. The predicted molar refractivity (Wildman–Crippen MR) is 249 cm³/mol. The first kappa shape index (κ1) is 40.2. The highest BCUT2D eigenvalue weighted by Gasteiger charge is 2.36. The molecule has 0 saturated heterocycles. The number of nitriles is 3. The Kier molecular flexibility index (Phi) is 9.41. The van der Waals surface area contributed by atoms with Crippen LogP contribution in [-0.4, -0.2) is 9.13 Å². The van der Waals surface area contributed by atoms with E-state index in [1.54, 1.807) is 42.5 Å². The summed E-state index contributed by atoms with van der Waals surface area (Å²) < 4.78 is 49.6. The van der Waals surface area contributed by atoms with Gasteiger partial charge in [-0.2, -0.15) is 29.0 Å². The van der Waals surface area contributed by atoms with Crippen molar-refractivity contribution in [2.75, 3.05) is 0 Å². The molecule has 10 aromatic rings. The van der Waals surface area contributed by atoms with Crippen molar-refractivity contribution in [3.8, 4) is 63.0 Å². The fraction of sp³-hybridized carbons (Fsp3) is 0.0182. The molecule has 0 unspecified atom stereocenters. The van der Waals surface area contributed by atoms with Crippen LogP contribution in [0.5, 0.6) is 0 Å². The molecule has 8 aromatic carbocycles. The van der Waals surface area contributed by atoms with Crippen molar-refractivity contribution in [1.82, 2.24) is 9.13 Å². The SMILES string of the molecule is [C-]#[N+]c1ccc(-c2ccc3c(c2)c2ccccc2n3-c2cc(-c3c([N+]#[C-])cccc3C(F)(F)F)c(-n3c4ccccc4c4cc(-c5ccc(C#N)cc5C#N)ccc43)cc2C#N)c([N+]#[C-])c1. The third-order valence-corrected chi connectivity index (χ3v) is 11.9. The molecular formula is C55H25F3N8. The topological polar surface area (TPSA) is 94.3 Å². The average molecular weight is 855 g/mol. The standard InChI is InChI=1S/C55H25F3N8/c1-62-37-18-20-39(47(27-37)64-3)34-17-22-50-43(25-34)40-9-4-6-13-48(40)65(50)52-28-44(54-45(55(56,57)58)11-8-12-46(54)63-2)53(26-36(52)31-61)66-49-14-7-5-10-41(49)42-24-33(16-21-51(42)66)38-19-15-32(29-59)23-35(38)30-60/h4-28H. The van der Waals surface area contributed by atoms with Crippen molar-refractivity contribution in [2.24, 2.45) is 0 Å². The smallest absolute Gasteiger partial charge is 0.309 e. The van der Waals surface area contributed by atoms with Gasteiger partial charge in [-0.05, 0) is 88.5 Å². The zero-order valence-electron chi connectivity index (χ0n) is 34.1. The number of alkyl halides is 3. The van der Waals surface area contributed by atoms with E-state index in [0.29, 0.717) is 72.2 Å². The van der Waals surface area contributed by atoms with E-state index in [2.05, 4.69) is 32.7 Å². The second kappa shape index (κ2) is 15.5. The third kappa shape index (κ3) is 6.26. The molecule has 0 aliphatic rings. The monoisotopic (exact) mass is 854 g/mol. The molecule has 2 aromatic heterocycles. The van der Waals surface area contributed by atoms with Crippen LogP contribution in [0, 0.1) is 53.7 Å². The second-order valence-electron chi connectivity index (χ2n) is 15.4. The van der Waals surface area contributed by atoms with Crippen molar-refractivity contribution in [1.29, 1.82) is 15.8 Å². The largest absolute Gasteiger partial charge is 0.415 e. The number of halogens is 3. The minimum atomic E-state index is -4.88. The van der Waals surface area contributed by atoms with Gasteiger partial charge in [-0.3, -0.25) is 0 Å². The van der Waals surface area contributed by atoms with E-state index in [-0.39, 0.29) is 33.8 Å². The molecule has 0 amide bonds. The molecule has 0 aliphatic carbocycles. The van der Waals surface area contributed by atoms with Crippen LogP contribution in [0.3, 0.4) is 0 Å². The number of para-hydroxylation sites is 2. The van der Waals surface area contributed by atoms with E-state index in [4.69, 9.17) is 19.7 Å². The summed E-state index contributed by atoms with van der Waals surface area (Å²) in [5, 5.41) is 33.6. The molecule has 66 heavy (non-hydrogen) atoms. The maximum Gasteiger partial charge on any atom is 0.415 e. The van der Waals surface area contributed by atoms with Gasteiger partial charge in [0.1, 0.15) is 6.07 Å². The summed E-state index contributed by atoms with van der Waals surface area (Å²) in [6.07, 6.45) is -4.88. The Bertz CT molecular complexity index is 4020. The number of nitrogens with zero attached hydrogens (tertiary/aromatic N) is 8. The Morgan fingerprint density at radius 3 is 1.64 bits per heavy atom. The first-order valence-electron chi connectivity index (χ1n) is 20.2. The van der Waals surface area contributed by atoms with Gasteiger partial charge in [0.15, 0.2) is 17.1 Å². The zero-order chi connectivity index (χ0) is 45.9. The number of hydrogen-bond donors (Lipinski definition) is 0.